The summed E-state index contributed by atoms with van der Waals surface area (Å²) in [5.74, 6) is 0.0825. The molecule has 116 valence electrons. The van der Waals surface area contributed by atoms with Gasteiger partial charge >= 0.3 is 0 Å². The molecule has 0 spiro atoms. The lowest BCUT2D eigenvalue weighted by Gasteiger charge is -2.17. The summed E-state index contributed by atoms with van der Waals surface area (Å²) < 4.78 is 5.31. The fraction of sp³-hybridized carbons (Fsp3) is 0.467. The predicted molar refractivity (Wildman–Crippen MR) is 81.2 cm³/mol. The molecule has 0 fully saturated rings. The van der Waals surface area contributed by atoms with Crippen molar-refractivity contribution in [3.8, 4) is 0 Å². The van der Waals surface area contributed by atoms with Crippen molar-refractivity contribution in [1.29, 1.82) is 0 Å². The van der Waals surface area contributed by atoms with Crippen LogP contribution in [0.5, 0.6) is 0 Å². The van der Waals surface area contributed by atoms with Crippen molar-refractivity contribution in [2.75, 3.05) is 20.3 Å². The molecule has 0 aliphatic heterocycles. The molecule has 0 aliphatic rings. The van der Waals surface area contributed by atoms with Crippen LogP contribution in [0, 0.1) is 0 Å². The van der Waals surface area contributed by atoms with Crippen LogP contribution in [0.25, 0.3) is 0 Å². The number of benzene rings is 1. The van der Waals surface area contributed by atoms with Gasteiger partial charge in [0.1, 0.15) is 0 Å². The standard InChI is InChI=1S/C15H23N3O3/c1-3-8-21-9-7-14(19)18(2)11-12-5-4-6-13(10-12)15(16)17-20/h4-6,10,20H,3,7-9,11H2,1-2H3,(H2,16,17). The van der Waals surface area contributed by atoms with Crippen molar-refractivity contribution in [1.82, 2.24) is 4.90 Å². The van der Waals surface area contributed by atoms with Crippen LogP contribution in [0.3, 0.4) is 0 Å². The second-order valence-electron chi connectivity index (χ2n) is 4.80. The van der Waals surface area contributed by atoms with Crippen molar-refractivity contribution >= 4 is 11.7 Å². The Morgan fingerprint density at radius 2 is 2.19 bits per heavy atom. The van der Waals surface area contributed by atoms with Crippen molar-refractivity contribution in [2.24, 2.45) is 10.9 Å². The lowest BCUT2D eigenvalue weighted by Crippen LogP contribution is -2.27. The van der Waals surface area contributed by atoms with E-state index in [2.05, 4.69) is 5.16 Å². The molecule has 0 saturated heterocycles. The highest BCUT2D eigenvalue weighted by Gasteiger charge is 2.10. The fourth-order valence-electron chi connectivity index (χ4n) is 1.85. The maximum atomic E-state index is 11.9. The molecule has 0 bridgehead atoms. The highest BCUT2D eigenvalue weighted by atomic mass is 16.5. The number of amidine groups is 1. The Bertz CT molecular complexity index is 489. The molecule has 0 unspecified atom stereocenters. The first-order valence-electron chi connectivity index (χ1n) is 6.97. The predicted octanol–water partition coefficient (Wildman–Crippen LogP) is 1.56. The van der Waals surface area contributed by atoms with Gasteiger partial charge in [-0.05, 0) is 18.1 Å². The second-order valence-corrected chi connectivity index (χ2v) is 4.80. The van der Waals surface area contributed by atoms with Crippen LogP contribution in [-0.4, -0.2) is 42.1 Å². The number of carbonyl (C=O) groups is 1. The summed E-state index contributed by atoms with van der Waals surface area (Å²) in [6.45, 7) is 3.63. The first-order valence-corrected chi connectivity index (χ1v) is 6.97. The molecule has 0 aliphatic carbocycles. The number of nitrogens with zero attached hydrogens (tertiary/aromatic N) is 2. The van der Waals surface area contributed by atoms with Gasteiger partial charge in [0.25, 0.3) is 0 Å². The maximum Gasteiger partial charge on any atom is 0.224 e. The van der Waals surface area contributed by atoms with E-state index < -0.39 is 0 Å². The van der Waals surface area contributed by atoms with Crippen LogP contribution in [0.1, 0.15) is 30.9 Å². The van der Waals surface area contributed by atoms with E-state index in [4.69, 9.17) is 15.7 Å². The topological polar surface area (TPSA) is 88.2 Å². The highest BCUT2D eigenvalue weighted by Crippen LogP contribution is 2.08. The molecule has 0 saturated carbocycles. The molecule has 0 heterocycles. The molecule has 0 aromatic heterocycles. The lowest BCUT2D eigenvalue weighted by molar-refractivity contribution is -0.131. The van der Waals surface area contributed by atoms with Crippen LogP contribution in [0.4, 0.5) is 0 Å². The van der Waals surface area contributed by atoms with Crippen LogP contribution < -0.4 is 5.73 Å². The molecule has 1 aromatic carbocycles. The molecule has 21 heavy (non-hydrogen) atoms. The Morgan fingerprint density at radius 3 is 2.86 bits per heavy atom. The number of nitrogens with two attached hydrogens (primary N) is 1. The average molecular weight is 293 g/mol. The number of carbonyl (C=O) groups excluding carboxylic acids is 1. The van der Waals surface area contributed by atoms with Crippen molar-refractivity contribution < 1.29 is 14.7 Å². The first-order chi connectivity index (χ1) is 10.1. The normalized spacial score (nSPS) is 11.4. The molecule has 0 atom stereocenters. The minimum absolute atomic E-state index is 0.0281. The number of ether oxygens (including phenoxy) is 1. The third kappa shape index (κ3) is 5.83. The van der Waals surface area contributed by atoms with E-state index in [1.807, 2.05) is 19.1 Å². The zero-order chi connectivity index (χ0) is 15.7. The molecular formula is C15H23N3O3. The van der Waals surface area contributed by atoms with Gasteiger partial charge in [0, 0.05) is 25.8 Å². The van der Waals surface area contributed by atoms with E-state index >= 15 is 0 Å². The largest absolute Gasteiger partial charge is 0.409 e. The summed E-state index contributed by atoms with van der Waals surface area (Å²) in [5, 5.41) is 11.6. The molecule has 6 heteroatoms. The number of rotatable bonds is 8. The highest BCUT2D eigenvalue weighted by molar-refractivity contribution is 5.97. The van der Waals surface area contributed by atoms with E-state index in [1.54, 1.807) is 24.1 Å². The molecule has 1 amide bonds. The summed E-state index contributed by atoms with van der Waals surface area (Å²) in [5.41, 5.74) is 7.10. The minimum atomic E-state index is 0.0281. The smallest absolute Gasteiger partial charge is 0.224 e. The minimum Gasteiger partial charge on any atom is -0.409 e. The quantitative estimate of drug-likeness (QED) is 0.250. The van der Waals surface area contributed by atoms with E-state index in [-0.39, 0.29) is 11.7 Å². The summed E-state index contributed by atoms with van der Waals surface area (Å²) in [6, 6.07) is 7.25. The van der Waals surface area contributed by atoms with Crippen molar-refractivity contribution in [2.45, 2.75) is 26.3 Å². The Labute approximate surface area is 125 Å². The van der Waals surface area contributed by atoms with Crippen molar-refractivity contribution in [3.63, 3.8) is 0 Å². The van der Waals surface area contributed by atoms with E-state index in [1.165, 1.54) is 0 Å². The van der Waals surface area contributed by atoms with Gasteiger partial charge in [0.15, 0.2) is 5.84 Å². The van der Waals surface area contributed by atoms with Gasteiger partial charge in [-0.1, -0.05) is 30.3 Å². The Kier molecular flexibility index (Phi) is 7.25. The van der Waals surface area contributed by atoms with E-state index in [0.717, 1.165) is 12.0 Å². The van der Waals surface area contributed by atoms with Gasteiger partial charge in [-0.25, -0.2) is 0 Å². The van der Waals surface area contributed by atoms with Gasteiger partial charge in [0.05, 0.1) is 13.0 Å². The SMILES string of the molecule is CCCOCCC(=O)N(C)Cc1cccc(C(N)=NO)c1. The number of hydrogen-bond acceptors (Lipinski definition) is 4. The molecule has 0 radical (unpaired) electrons. The average Bonchev–Trinajstić information content (AvgIpc) is 2.50. The molecule has 6 nitrogen and oxygen atoms in total. The van der Waals surface area contributed by atoms with Gasteiger partial charge in [-0.2, -0.15) is 0 Å². The molecule has 1 rings (SSSR count). The first kappa shape index (κ1) is 17.0. The van der Waals surface area contributed by atoms with Gasteiger partial charge in [-0.3, -0.25) is 4.79 Å². The Hall–Kier alpha value is -2.08. The third-order valence-corrected chi connectivity index (χ3v) is 2.98. The van der Waals surface area contributed by atoms with Crippen LogP contribution >= 0.6 is 0 Å². The molecule has 3 N–H and O–H groups in total. The molecular weight excluding hydrogens is 270 g/mol. The van der Waals surface area contributed by atoms with Gasteiger partial charge < -0.3 is 20.6 Å². The van der Waals surface area contributed by atoms with Crippen molar-refractivity contribution in [3.05, 3.63) is 35.4 Å². The zero-order valence-electron chi connectivity index (χ0n) is 12.6. The number of oxime groups is 1. The second kappa shape index (κ2) is 8.97. The molecule has 1 aromatic rings. The number of hydrogen-bond donors (Lipinski definition) is 2. The third-order valence-electron chi connectivity index (χ3n) is 2.98. The summed E-state index contributed by atoms with van der Waals surface area (Å²) in [4.78, 5) is 13.6. The lowest BCUT2D eigenvalue weighted by atomic mass is 10.1. The summed E-state index contributed by atoms with van der Waals surface area (Å²) in [6.07, 6.45) is 1.32. The van der Waals surface area contributed by atoms with E-state index in [9.17, 15) is 4.79 Å². The fourth-order valence-corrected chi connectivity index (χ4v) is 1.85. The van der Waals surface area contributed by atoms with Gasteiger partial charge in [0.2, 0.25) is 5.91 Å². The Balaban J connectivity index is 2.54. The van der Waals surface area contributed by atoms with Crippen LogP contribution in [-0.2, 0) is 16.1 Å². The maximum absolute atomic E-state index is 11.9. The summed E-state index contributed by atoms with van der Waals surface area (Å²) in [7, 11) is 1.75. The number of amides is 1. The summed E-state index contributed by atoms with van der Waals surface area (Å²) >= 11 is 0. The Morgan fingerprint density at radius 1 is 1.43 bits per heavy atom. The van der Waals surface area contributed by atoms with Crippen LogP contribution in [0.15, 0.2) is 29.4 Å². The van der Waals surface area contributed by atoms with Crippen LogP contribution in [0.2, 0.25) is 0 Å². The monoisotopic (exact) mass is 293 g/mol. The zero-order valence-corrected chi connectivity index (χ0v) is 12.6. The van der Waals surface area contributed by atoms with Gasteiger partial charge in [-0.15, -0.1) is 0 Å². The van der Waals surface area contributed by atoms with E-state index in [0.29, 0.717) is 31.7 Å².